The molecule has 33 heavy (non-hydrogen) atoms. The molecule has 2 amide bonds. The van der Waals surface area contributed by atoms with Crippen molar-refractivity contribution >= 4 is 69.8 Å². The van der Waals surface area contributed by atoms with E-state index in [4.69, 9.17) is 34.8 Å². The van der Waals surface area contributed by atoms with Crippen molar-refractivity contribution in [2.45, 2.75) is 11.4 Å². The first-order valence-electron chi connectivity index (χ1n) is 10.1. The van der Waals surface area contributed by atoms with Crippen LogP contribution in [0.15, 0.2) is 71.6 Å². The molecule has 0 aliphatic carbocycles. The molecule has 0 radical (unpaired) electrons. The molecule has 1 fully saturated rings. The van der Waals surface area contributed by atoms with Crippen LogP contribution in [0, 0.1) is 5.92 Å². The molecule has 1 N–H and O–H groups in total. The van der Waals surface area contributed by atoms with Gasteiger partial charge in [0.25, 0.3) is 5.91 Å². The average Bonchev–Trinajstić information content (AvgIpc) is 3.12. The fourth-order valence-electron chi connectivity index (χ4n) is 3.64. The molecule has 0 saturated carbocycles. The zero-order valence-electron chi connectivity index (χ0n) is 17.6. The molecule has 170 valence electrons. The van der Waals surface area contributed by atoms with E-state index in [0.29, 0.717) is 33.0 Å². The number of hydrogen-bond acceptors (Lipinski definition) is 4. The summed E-state index contributed by atoms with van der Waals surface area (Å²) < 4.78 is 0. The van der Waals surface area contributed by atoms with Crippen LogP contribution >= 0.6 is 46.6 Å². The third-order valence-corrected chi connectivity index (χ3v) is 6.96. The number of rotatable bonds is 6. The Labute approximate surface area is 211 Å². The highest BCUT2D eigenvalue weighted by molar-refractivity contribution is 7.98. The molecule has 5 nitrogen and oxygen atoms in total. The first kappa shape index (κ1) is 23.9. The van der Waals surface area contributed by atoms with Gasteiger partial charge in [-0.1, -0.05) is 53.0 Å². The number of halogens is 3. The summed E-state index contributed by atoms with van der Waals surface area (Å²) in [5, 5.41) is 7.43. The average molecular weight is 521 g/mol. The molecule has 0 aromatic heterocycles. The van der Waals surface area contributed by atoms with Crippen LogP contribution in [0.25, 0.3) is 0 Å². The molecular weight excluding hydrogens is 501 g/mol. The lowest BCUT2D eigenvalue weighted by molar-refractivity contribution is -0.128. The van der Waals surface area contributed by atoms with Crippen LogP contribution in [0.5, 0.6) is 0 Å². The van der Waals surface area contributed by atoms with Crippen molar-refractivity contribution in [2.75, 3.05) is 23.1 Å². The number of hydrazine groups is 1. The lowest BCUT2D eigenvalue weighted by Crippen LogP contribution is -2.39. The quantitative estimate of drug-likeness (QED) is 0.302. The molecule has 3 aromatic rings. The molecule has 0 spiro atoms. The van der Waals surface area contributed by atoms with E-state index in [1.165, 1.54) is 5.01 Å². The van der Waals surface area contributed by atoms with Crippen molar-refractivity contribution in [3.05, 3.63) is 87.4 Å². The lowest BCUT2D eigenvalue weighted by atomic mass is 10.1. The summed E-state index contributed by atoms with van der Waals surface area (Å²) in [5.41, 5.74) is 1.92. The van der Waals surface area contributed by atoms with Crippen molar-refractivity contribution < 1.29 is 9.59 Å². The second-order valence-electron chi connectivity index (χ2n) is 7.45. The highest BCUT2D eigenvalue weighted by Gasteiger charge is 2.44. The maximum Gasteiger partial charge on any atom is 0.255 e. The SMILES string of the molecule is CSc1ccc(NC(=O)C2CN(Cc3ccccc3Cl)N(c3ccc(Cl)cc3Cl)C2=O)cc1. The molecule has 1 saturated heterocycles. The van der Waals surface area contributed by atoms with E-state index in [2.05, 4.69) is 5.32 Å². The first-order valence-corrected chi connectivity index (χ1v) is 12.5. The minimum absolute atomic E-state index is 0.178. The fourth-order valence-corrected chi connectivity index (χ4v) is 4.73. The molecule has 0 bridgehead atoms. The van der Waals surface area contributed by atoms with Gasteiger partial charge in [-0.2, -0.15) is 0 Å². The Hall–Kier alpha value is -2.22. The summed E-state index contributed by atoms with van der Waals surface area (Å²) in [6, 6.07) is 19.8. The first-order chi connectivity index (χ1) is 15.9. The zero-order valence-corrected chi connectivity index (χ0v) is 20.7. The fraction of sp³-hybridized carbons (Fsp3) is 0.167. The van der Waals surface area contributed by atoms with E-state index in [9.17, 15) is 9.59 Å². The number of carbonyl (C=O) groups excluding carboxylic acids is 2. The van der Waals surface area contributed by atoms with Gasteiger partial charge < -0.3 is 5.32 Å². The van der Waals surface area contributed by atoms with Gasteiger partial charge in [0.15, 0.2) is 0 Å². The Morgan fingerprint density at radius 1 is 1.03 bits per heavy atom. The van der Waals surface area contributed by atoms with E-state index in [1.54, 1.807) is 41.0 Å². The number of thioether (sulfide) groups is 1. The predicted molar refractivity (Wildman–Crippen MR) is 136 cm³/mol. The van der Waals surface area contributed by atoms with Gasteiger partial charge in [0, 0.05) is 33.7 Å². The van der Waals surface area contributed by atoms with Crippen molar-refractivity contribution in [3.63, 3.8) is 0 Å². The monoisotopic (exact) mass is 519 g/mol. The number of hydrogen-bond donors (Lipinski definition) is 1. The number of benzene rings is 3. The molecule has 3 aromatic carbocycles. The maximum atomic E-state index is 13.5. The van der Waals surface area contributed by atoms with Gasteiger partial charge in [0.1, 0.15) is 5.92 Å². The summed E-state index contributed by atoms with van der Waals surface area (Å²) in [4.78, 5) is 27.6. The van der Waals surface area contributed by atoms with Crippen LogP contribution in [0.3, 0.4) is 0 Å². The van der Waals surface area contributed by atoms with Crippen molar-refractivity contribution in [3.8, 4) is 0 Å². The summed E-state index contributed by atoms with van der Waals surface area (Å²) in [6.07, 6.45) is 1.98. The van der Waals surface area contributed by atoms with Gasteiger partial charge in [-0.05, 0) is 60.4 Å². The number of amides is 2. The second kappa shape index (κ2) is 10.4. The zero-order chi connectivity index (χ0) is 23.5. The normalized spacial score (nSPS) is 16.3. The highest BCUT2D eigenvalue weighted by atomic mass is 35.5. The number of anilines is 2. The van der Waals surface area contributed by atoms with Gasteiger partial charge in [-0.15, -0.1) is 11.8 Å². The molecule has 1 atom stereocenters. The van der Waals surface area contributed by atoms with E-state index in [-0.39, 0.29) is 18.4 Å². The summed E-state index contributed by atoms with van der Waals surface area (Å²) in [6.45, 7) is 0.508. The number of nitrogens with one attached hydrogen (secondary N) is 1. The molecule has 1 unspecified atom stereocenters. The van der Waals surface area contributed by atoms with Crippen LogP contribution in [0.2, 0.25) is 15.1 Å². The van der Waals surface area contributed by atoms with E-state index < -0.39 is 5.92 Å². The molecule has 1 aliphatic rings. The van der Waals surface area contributed by atoms with Crippen molar-refractivity contribution in [2.24, 2.45) is 5.92 Å². The topological polar surface area (TPSA) is 52.7 Å². The van der Waals surface area contributed by atoms with Crippen LogP contribution in [0.4, 0.5) is 11.4 Å². The van der Waals surface area contributed by atoms with Crippen LogP contribution in [-0.4, -0.2) is 29.6 Å². The third-order valence-electron chi connectivity index (χ3n) is 5.31. The van der Waals surface area contributed by atoms with E-state index in [0.717, 1.165) is 10.5 Å². The largest absolute Gasteiger partial charge is 0.325 e. The van der Waals surface area contributed by atoms with Crippen LogP contribution in [-0.2, 0) is 16.1 Å². The lowest BCUT2D eigenvalue weighted by Gasteiger charge is -2.28. The van der Waals surface area contributed by atoms with E-state index in [1.807, 2.05) is 48.7 Å². The smallest absolute Gasteiger partial charge is 0.255 e. The van der Waals surface area contributed by atoms with Gasteiger partial charge in [0.05, 0.1) is 10.7 Å². The number of carbonyl (C=O) groups is 2. The Morgan fingerprint density at radius 2 is 1.76 bits per heavy atom. The van der Waals surface area contributed by atoms with Gasteiger partial charge in [0.2, 0.25) is 5.91 Å². The Morgan fingerprint density at radius 3 is 2.42 bits per heavy atom. The van der Waals surface area contributed by atoms with Gasteiger partial charge in [-0.25, -0.2) is 10.0 Å². The third kappa shape index (κ3) is 5.31. The number of nitrogens with zero attached hydrogens (tertiary/aromatic N) is 2. The maximum absolute atomic E-state index is 13.5. The van der Waals surface area contributed by atoms with E-state index >= 15 is 0 Å². The standard InChI is InChI=1S/C24H20Cl3N3O2S/c1-33-18-9-7-17(8-10-18)28-23(31)19-14-29(13-15-4-2-3-5-20(15)26)30(24(19)32)22-11-6-16(25)12-21(22)27/h2-12,19H,13-14H2,1H3,(H,28,31). The second-order valence-corrected chi connectivity index (χ2v) is 9.59. The van der Waals surface area contributed by atoms with Crippen molar-refractivity contribution in [1.29, 1.82) is 0 Å². The Balaban J connectivity index is 1.63. The summed E-state index contributed by atoms with van der Waals surface area (Å²) in [5.74, 6) is -1.67. The molecule has 1 heterocycles. The minimum Gasteiger partial charge on any atom is -0.325 e. The summed E-state index contributed by atoms with van der Waals surface area (Å²) >= 11 is 20.5. The van der Waals surface area contributed by atoms with Crippen molar-refractivity contribution in [1.82, 2.24) is 5.01 Å². The van der Waals surface area contributed by atoms with Crippen LogP contribution in [0.1, 0.15) is 5.56 Å². The predicted octanol–water partition coefficient (Wildman–Crippen LogP) is 6.39. The Bertz CT molecular complexity index is 1190. The molecule has 9 heteroatoms. The summed E-state index contributed by atoms with van der Waals surface area (Å²) in [7, 11) is 0. The highest BCUT2D eigenvalue weighted by Crippen LogP contribution is 2.35. The Kier molecular flexibility index (Phi) is 7.51. The van der Waals surface area contributed by atoms with Crippen LogP contribution < -0.4 is 10.3 Å². The molecular formula is C24H20Cl3N3O2S. The van der Waals surface area contributed by atoms with Gasteiger partial charge >= 0.3 is 0 Å². The molecule has 1 aliphatic heterocycles. The molecule has 4 rings (SSSR count). The van der Waals surface area contributed by atoms with Gasteiger partial charge in [-0.3, -0.25) is 9.59 Å². The minimum atomic E-state index is -0.917.